The minimum Gasteiger partial charge on any atom is -0.469 e. The topological polar surface area (TPSA) is 108 Å². The van der Waals surface area contributed by atoms with E-state index in [4.69, 9.17) is 4.98 Å². The number of nitriles is 1. The quantitative estimate of drug-likeness (QED) is 0.459. The fraction of sp³-hybridized carbons (Fsp3) is 0.346. The highest BCUT2D eigenvalue weighted by Gasteiger charge is 2.20. The largest absolute Gasteiger partial charge is 0.469 e. The molecule has 0 aliphatic heterocycles. The first-order chi connectivity index (χ1) is 16.2. The number of esters is 1. The third kappa shape index (κ3) is 5.68. The molecule has 0 fully saturated rings. The second kappa shape index (κ2) is 11.1. The number of carbonyl (C=O) groups is 1. The van der Waals surface area contributed by atoms with Gasteiger partial charge in [0.1, 0.15) is 18.0 Å². The predicted molar refractivity (Wildman–Crippen MR) is 127 cm³/mol. The molecule has 0 amide bonds. The zero-order valence-corrected chi connectivity index (χ0v) is 19.4. The van der Waals surface area contributed by atoms with E-state index in [0.29, 0.717) is 5.65 Å². The Morgan fingerprint density at radius 1 is 1.26 bits per heavy atom. The zero-order valence-electron chi connectivity index (χ0n) is 19.4. The number of hydrogen-bond donors (Lipinski definition) is 2. The highest BCUT2D eigenvalue weighted by Crippen LogP contribution is 2.37. The van der Waals surface area contributed by atoms with Crippen LogP contribution in [0.25, 0.3) is 28.2 Å². The van der Waals surface area contributed by atoms with Crippen molar-refractivity contribution in [3.05, 3.63) is 59.7 Å². The van der Waals surface area contributed by atoms with Gasteiger partial charge < -0.3 is 19.5 Å². The Balaban J connectivity index is 2.12. The molecule has 2 aromatic heterocycles. The molecule has 2 unspecified atom stereocenters. The predicted octanol–water partition coefficient (Wildman–Crippen LogP) is 4.18. The van der Waals surface area contributed by atoms with E-state index in [0.717, 1.165) is 27.8 Å². The Morgan fingerprint density at radius 3 is 2.59 bits per heavy atom. The van der Waals surface area contributed by atoms with Crippen molar-refractivity contribution in [3.63, 3.8) is 0 Å². The van der Waals surface area contributed by atoms with Crippen LogP contribution >= 0.6 is 0 Å². The fourth-order valence-electron chi connectivity index (χ4n) is 3.90. The number of rotatable bonds is 9. The number of fused-ring (bicyclic) bond motifs is 1. The van der Waals surface area contributed by atoms with Gasteiger partial charge in [0.15, 0.2) is 0 Å². The van der Waals surface area contributed by atoms with Gasteiger partial charge in [-0.2, -0.15) is 5.26 Å². The van der Waals surface area contributed by atoms with Gasteiger partial charge in [0.05, 0.1) is 37.5 Å². The van der Waals surface area contributed by atoms with Gasteiger partial charge in [0.25, 0.3) is 0 Å². The highest BCUT2D eigenvalue weighted by atomic mass is 19.1. The molecule has 34 heavy (non-hydrogen) atoms. The third-order valence-electron chi connectivity index (χ3n) is 5.52. The van der Waals surface area contributed by atoms with Gasteiger partial charge in [-0.25, -0.2) is 9.37 Å². The molecule has 0 aliphatic rings. The zero-order chi connectivity index (χ0) is 24.8. The van der Waals surface area contributed by atoms with Crippen LogP contribution in [0.1, 0.15) is 43.9 Å². The average molecular weight is 466 g/mol. The molecule has 3 rings (SSSR count). The first-order valence-electron chi connectivity index (χ1n) is 11.0. The molecule has 2 heterocycles. The lowest BCUT2D eigenvalue weighted by molar-refractivity contribution is -0.143. The Kier molecular flexibility index (Phi) is 8.16. The molecule has 0 bridgehead atoms. The van der Waals surface area contributed by atoms with Gasteiger partial charge in [0.2, 0.25) is 0 Å². The van der Waals surface area contributed by atoms with Crippen molar-refractivity contribution in [2.24, 2.45) is 0 Å². The third-order valence-corrected chi connectivity index (χ3v) is 5.52. The molecule has 8 heteroatoms. The number of halogens is 1. The van der Waals surface area contributed by atoms with Crippen LogP contribution in [0.15, 0.2) is 42.6 Å². The van der Waals surface area contributed by atoms with E-state index in [9.17, 15) is 24.7 Å². The summed E-state index contributed by atoms with van der Waals surface area (Å²) in [7, 11) is 1.24. The molecule has 7 nitrogen and oxygen atoms in total. The molecule has 0 spiro atoms. The molecule has 0 saturated carbocycles. The number of carbonyl (C=O) groups excluding carboxylic acids is 1. The lowest BCUT2D eigenvalue weighted by Gasteiger charge is -2.17. The number of pyridine rings is 1. The summed E-state index contributed by atoms with van der Waals surface area (Å²) in [6.45, 7) is 4.13. The summed E-state index contributed by atoms with van der Waals surface area (Å²) in [5.74, 6) is -0.899. The van der Waals surface area contributed by atoms with Gasteiger partial charge in [0, 0.05) is 29.1 Å². The number of aromatic nitrogens is 2. The van der Waals surface area contributed by atoms with E-state index >= 15 is 0 Å². The van der Waals surface area contributed by atoms with Crippen LogP contribution in [-0.2, 0) is 16.1 Å². The van der Waals surface area contributed by atoms with Crippen molar-refractivity contribution < 1.29 is 24.1 Å². The molecular formula is C26H28FN3O4. The first kappa shape index (κ1) is 25.1. The van der Waals surface area contributed by atoms with E-state index < -0.39 is 18.2 Å². The van der Waals surface area contributed by atoms with Crippen LogP contribution in [0.4, 0.5) is 4.39 Å². The van der Waals surface area contributed by atoms with Gasteiger partial charge >= 0.3 is 5.97 Å². The molecule has 0 radical (unpaired) electrons. The van der Waals surface area contributed by atoms with Crippen molar-refractivity contribution >= 4 is 23.1 Å². The van der Waals surface area contributed by atoms with Crippen molar-refractivity contribution in [2.45, 2.75) is 51.4 Å². The number of aliphatic hydroxyl groups excluding tert-OH is 2. The first-order valence-corrected chi connectivity index (χ1v) is 11.0. The SMILES string of the molecule is COC(=O)CC(O)CC(O)/C=C/c1c(C(C)C)nc2c(ccn2CC#N)c1-c1ccc(F)cc1. The summed E-state index contributed by atoms with van der Waals surface area (Å²) in [6.07, 6.45) is 2.78. The summed E-state index contributed by atoms with van der Waals surface area (Å²) < 4.78 is 20.0. The van der Waals surface area contributed by atoms with E-state index in [-0.39, 0.29) is 31.1 Å². The minimum atomic E-state index is -1.05. The normalized spacial score (nSPS) is 13.4. The fourth-order valence-corrected chi connectivity index (χ4v) is 3.90. The van der Waals surface area contributed by atoms with Crippen molar-refractivity contribution in [1.82, 2.24) is 9.55 Å². The number of benzene rings is 1. The number of ether oxygens (including phenoxy) is 1. The van der Waals surface area contributed by atoms with Crippen molar-refractivity contribution in [1.29, 1.82) is 5.26 Å². The van der Waals surface area contributed by atoms with Crippen LogP contribution < -0.4 is 0 Å². The lowest BCUT2D eigenvalue weighted by Crippen LogP contribution is -2.20. The van der Waals surface area contributed by atoms with Crippen LogP contribution in [0.2, 0.25) is 0 Å². The van der Waals surface area contributed by atoms with Crippen LogP contribution in [0, 0.1) is 17.1 Å². The van der Waals surface area contributed by atoms with Crippen LogP contribution in [0.3, 0.4) is 0 Å². The van der Waals surface area contributed by atoms with Crippen molar-refractivity contribution in [3.8, 4) is 17.2 Å². The number of aliphatic hydroxyl groups is 2. The smallest absolute Gasteiger partial charge is 0.308 e. The van der Waals surface area contributed by atoms with Gasteiger partial charge in [-0.15, -0.1) is 0 Å². The Hall–Kier alpha value is -3.54. The summed E-state index contributed by atoms with van der Waals surface area (Å²) in [4.78, 5) is 16.2. The van der Waals surface area contributed by atoms with E-state index in [1.54, 1.807) is 35.0 Å². The summed E-state index contributed by atoms with van der Waals surface area (Å²) >= 11 is 0. The van der Waals surface area contributed by atoms with E-state index in [1.165, 1.54) is 19.2 Å². The molecule has 2 atom stereocenters. The van der Waals surface area contributed by atoms with E-state index in [1.807, 2.05) is 19.9 Å². The molecule has 2 N–H and O–H groups in total. The van der Waals surface area contributed by atoms with Crippen molar-refractivity contribution in [2.75, 3.05) is 7.11 Å². The maximum absolute atomic E-state index is 13.7. The second-order valence-corrected chi connectivity index (χ2v) is 8.38. The molecule has 3 aromatic rings. The van der Waals surface area contributed by atoms with Crippen LogP contribution in [-0.4, -0.2) is 45.1 Å². The lowest BCUT2D eigenvalue weighted by atomic mass is 9.91. The maximum atomic E-state index is 13.7. The molecule has 0 aliphatic carbocycles. The Bertz CT molecular complexity index is 1230. The number of nitrogens with zero attached hydrogens (tertiary/aromatic N) is 3. The molecule has 1 aromatic carbocycles. The summed E-state index contributed by atoms with van der Waals surface area (Å²) in [6, 6.07) is 10.1. The number of hydrogen-bond acceptors (Lipinski definition) is 6. The number of methoxy groups -OCH3 is 1. The van der Waals surface area contributed by atoms with Gasteiger partial charge in [-0.3, -0.25) is 4.79 Å². The monoisotopic (exact) mass is 465 g/mol. The Labute approximate surface area is 197 Å². The van der Waals surface area contributed by atoms with Crippen LogP contribution in [0.5, 0.6) is 0 Å². The standard InChI is InChI=1S/C26H28FN3O4/c1-16(2)25-21(9-8-19(31)14-20(32)15-23(33)34-3)24(17-4-6-18(27)7-5-17)22-10-12-30(13-11-28)26(22)29-25/h4-10,12,16,19-20,31-32H,13-15H2,1-3H3/b9-8+. The summed E-state index contributed by atoms with van der Waals surface area (Å²) in [5.41, 5.74) is 3.73. The van der Waals surface area contributed by atoms with Gasteiger partial charge in [-0.1, -0.05) is 38.1 Å². The maximum Gasteiger partial charge on any atom is 0.308 e. The molecule has 0 saturated heterocycles. The Morgan fingerprint density at radius 2 is 1.97 bits per heavy atom. The van der Waals surface area contributed by atoms with E-state index in [2.05, 4.69) is 10.8 Å². The summed E-state index contributed by atoms with van der Waals surface area (Å²) in [5, 5.41) is 30.5. The second-order valence-electron chi connectivity index (χ2n) is 8.38. The molecule has 178 valence electrons. The molecular weight excluding hydrogens is 437 g/mol. The average Bonchev–Trinajstić information content (AvgIpc) is 3.19. The highest BCUT2D eigenvalue weighted by molar-refractivity contribution is 5.98. The minimum absolute atomic E-state index is 0.00995. The van der Waals surface area contributed by atoms with Gasteiger partial charge in [-0.05, 0) is 29.7 Å².